The highest BCUT2D eigenvalue weighted by atomic mass is 16.5. The van der Waals surface area contributed by atoms with Gasteiger partial charge in [-0.1, -0.05) is 12.1 Å². The number of aromatic nitrogens is 2. The summed E-state index contributed by atoms with van der Waals surface area (Å²) in [5, 5.41) is 0. The summed E-state index contributed by atoms with van der Waals surface area (Å²) in [6.45, 7) is 4.78. The van der Waals surface area contributed by atoms with Crippen LogP contribution >= 0.6 is 0 Å². The van der Waals surface area contributed by atoms with E-state index in [9.17, 15) is 14.4 Å². The van der Waals surface area contributed by atoms with Crippen LogP contribution in [0.3, 0.4) is 0 Å². The van der Waals surface area contributed by atoms with E-state index in [1.54, 1.807) is 23.1 Å². The number of nitrogens with one attached hydrogen (secondary N) is 1. The van der Waals surface area contributed by atoms with Crippen LogP contribution in [0.2, 0.25) is 0 Å². The Balaban J connectivity index is 1.72. The Bertz CT molecular complexity index is 870. The maximum absolute atomic E-state index is 12.9. The Kier molecular flexibility index (Phi) is 5.69. The number of ketones is 1. The Morgan fingerprint density at radius 3 is 2.85 bits per heavy atom. The van der Waals surface area contributed by atoms with Crippen LogP contribution in [0.1, 0.15) is 47.5 Å². The molecule has 1 fully saturated rings. The molecule has 7 nitrogen and oxygen atoms in total. The van der Waals surface area contributed by atoms with Crippen molar-refractivity contribution in [3.05, 3.63) is 58.3 Å². The average molecular weight is 369 g/mol. The second kappa shape index (κ2) is 8.16. The molecule has 1 N–H and O–H groups in total. The van der Waals surface area contributed by atoms with E-state index in [1.807, 2.05) is 19.9 Å². The van der Waals surface area contributed by atoms with Crippen molar-refractivity contribution < 1.29 is 14.3 Å². The minimum absolute atomic E-state index is 0.0103. The van der Waals surface area contributed by atoms with Crippen LogP contribution in [-0.4, -0.2) is 45.8 Å². The summed E-state index contributed by atoms with van der Waals surface area (Å²) in [4.78, 5) is 44.6. The highest BCUT2D eigenvalue weighted by molar-refractivity contribution is 5.99. The van der Waals surface area contributed by atoms with E-state index in [1.165, 1.54) is 6.20 Å². The van der Waals surface area contributed by atoms with Crippen LogP contribution in [0.15, 0.2) is 41.5 Å². The summed E-state index contributed by atoms with van der Waals surface area (Å²) in [5.41, 5.74) is 0.409. The van der Waals surface area contributed by atoms with Gasteiger partial charge in [0.15, 0.2) is 5.78 Å². The van der Waals surface area contributed by atoms with Crippen molar-refractivity contribution in [1.82, 2.24) is 14.9 Å². The molecule has 1 aliphatic heterocycles. The summed E-state index contributed by atoms with van der Waals surface area (Å²) in [6, 6.07) is 7.17. The van der Waals surface area contributed by atoms with E-state index in [0.29, 0.717) is 24.4 Å². The van der Waals surface area contributed by atoms with Gasteiger partial charge in [0.05, 0.1) is 12.3 Å². The lowest BCUT2D eigenvalue weighted by atomic mass is 9.90. The fourth-order valence-electron chi connectivity index (χ4n) is 3.23. The third-order valence-electron chi connectivity index (χ3n) is 4.46. The summed E-state index contributed by atoms with van der Waals surface area (Å²) in [5.74, 6) is 0.133. The van der Waals surface area contributed by atoms with Crippen molar-refractivity contribution in [3.63, 3.8) is 0 Å². The average Bonchev–Trinajstić information content (AvgIpc) is 2.67. The number of carbonyl (C=O) groups excluding carboxylic acids is 2. The van der Waals surface area contributed by atoms with Crippen molar-refractivity contribution in [2.45, 2.75) is 32.8 Å². The van der Waals surface area contributed by atoms with E-state index >= 15 is 0 Å². The molecular weight excluding hydrogens is 346 g/mol. The number of H-pyrrole nitrogens is 1. The zero-order valence-corrected chi connectivity index (χ0v) is 15.5. The monoisotopic (exact) mass is 369 g/mol. The van der Waals surface area contributed by atoms with Gasteiger partial charge in [-0.05, 0) is 38.8 Å². The van der Waals surface area contributed by atoms with Gasteiger partial charge in [0.2, 0.25) is 0 Å². The van der Waals surface area contributed by atoms with E-state index in [0.717, 1.165) is 19.0 Å². The van der Waals surface area contributed by atoms with Crippen molar-refractivity contribution >= 4 is 11.7 Å². The standard InChI is InChI=1S/C20H23N3O4/c1-13(2)27-16-7-3-5-14(9-16)19(25)15-6-4-8-23(12-15)20(26)17-10-22-18(24)11-21-17/h3,5,7,9-11,13,15H,4,6,8,12H2,1-2H3,(H,22,24)/t15-/m1/s1. The fraction of sp³-hybridized carbons (Fsp3) is 0.400. The topological polar surface area (TPSA) is 92.4 Å². The van der Waals surface area contributed by atoms with E-state index in [2.05, 4.69) is 9.97 Å². The maximum Gasteiger partial charge on any atom is 0.273 e. The number of benzene rings is 1. The molecule has 0 unspecified atom stereocenters. The molecule has 1 saturated heterocycles. The number of ether oxygens (including phenoxy) is 1. The molecule has 27 heavy (non-hydrogen) atoms. The molecule has 1 atom stereocenters. The molecule has 1 amide bonds. The van der Waals surface area contributed by atoms with Gasteiger partial charge in [-0.25, -0.2) is 4.98 Å². The minimum atomic E-state index is -0.359. The van der Waals surface area contributed by atoms with Crippen LogP contribution in [0.5, 0.6) is 5.75 Å². The predicted molar refractivity (Wildman–Crippen MR) is 100 cm³/mol. The molecular formula is C20H23N3O4. The van der Waals surface area contributed by atoms with Gasteiger partial charge < -0.3 is 14.6 Å². The van der Waals surface area contributed by atoms with Gasteiger partial charge in [-0.3, -0.25) is 14.4 Å². The second-order valence-electron chi connectivity index (χ2n) is 6.95. The number of hydrogen-bond donors (Lipinski definition) is 1. The summed E-state index contributed by atoms with van der Waals surface area (Å²) < 4.78 is 5.67. The zero-order valence-electron chi connectivity index (χ0n) is 15.5. The number of aromatic amines is 1. The first kappa shape index (κ1) is 18.8. The Hall–Kier alpha value is -2.96. The lowest BCUT2D eigenvalue weighted by Crippen LogP contribution is -2.42. The van der Waals surface area contributed by atoms with Gasteiger partial charge in [0.25, 0.3) is 11.5 Å². The highest BCUT2D eigenvalue weighted by Crippen LogP contribution is 2.24. The summed E-state index contributed by atoms with van der Waals surface area (Å²) >= 11 is 0. The summed E-state index contributed by atoms with van der Waals surface area (Å²) in [6.07, 6.45) is 3.90. The summed E-state index contributed by atoms with van der Waals surface area (Å²) in [7, 11) is 0. The largest absolute Gasteiger partial charge is 0.491 e. The number of hydrogen-bond acceptors (Lipinski definition) is 5. The maximum atomic E-state index is 12.9. The lowest BCUT2D eigenvalue weighted by Gasteiger charge is -2.31. The van der Waals surface area contributed by atoms with E-state index < -0.39 is 0 Å². The Labute approximate surface area is 157 Å². The van der Waals surface area contributed by atoms with Crippen molar-refractivity contribution in [2.75, 3.05) is 13.1 Å². The first-order valence-corrected chi connectivity index (χ1v) is 9.09. The number of Topliss-reactive ketones (excluding diaryl/α,β-unsaturated/α-hetero) is 1. The molecule has 7 heteroatoms. The van der Waals surface area contributed by atoms with Crippen LogP contribution < -0.4 is 10.3 Å². The van der Waals surface area contributed by atoms with Crippen LogP contribution in [0.4, 0.5) is 0 Å². The smallest absolute Gasteiger partial charge is 0.273 e. The molecule has 142 valence electrons. The second-order valence-corrected chi connectivity index (χ2v) is 6.95. The first-order valence-electron chi connectivity index (χ1n) is 9.09. The number of likely N-dealkylation sites (tertiary alicyclic amines) is 1. The van der Waals surface area contributed by atoms with E-state index in [-0.39, 0.29) is 35.0 Å². The fourth-order valence-corrected chi connectivity index (χ4v) is 3.23. The molecule has 0 radical (unpaired) electrons. The predicted octanol–water partition coefficient (Wildman–Crippen LogP) is 2.29. The molecule has 0 spiro atoms. The lowest BCUT2D eigenvalue weighted by molar-refractivity contribution is 0.0631. The molecule has 2 heterocycles. The van der Waals surface area contributed by atoms with Crippen LogP contribution in [0, 0.1) is 5.92 Å². The Morgan fingerprint density at radius 1 is 1.33 bits per heavy atom. The molecule has 3 rings (SSSR count). The van der Waals surface area contributed by atoms with Gasteiger partial charge in [0.1, 0.15) is 11.4 Å². The third kappa shape index (κ3) is 4.61. The minimum Gasteiger partial charge on any atom is -0.491 e. The molecule has 1 aromatic carbocycles. The molecule has 1 aromatic heterocycles. The van der Waals surface area contributed by atoms with Crippen LogP contribution in [-0.2, 0) is 0 Å². The van der Waals surface area contributed by atoms with Gasteiger partial charge in [-0.15, -0.1) is 0 Å². The van der Waals surface area contributed by atoms with E-state index in [4.69, 9.17) is 4.74 Å². The van der Waals surface area contributed by atoms with Crippen LogP contribution in [0.25, 0.3) is 0 Å². The van der Waals surface area contributed by atoms with Gasteiger partial charge >= 0.3 is 0 Å². The normalized spacial score (nSPS) is 17.0. The highest BCUT2D eigenvalue weighted by Gasteiger charge is 2.30. The first-order chi connectivity index (χ1) is 12.9. The number of piperidine rings is 1. The molecule has 0 saturated carbocycles. The zero-order chi connectivity index (χ0) is 19.4. The molecule has 2 aromatic rings. The third-order valence-corrected chi connectivity index (χ3v) is 4.46. The molecule has 0 aliphatic carbocycles. The number of rotatable bonds is 5. The van der Waals surface area contributed by atoms with Crippen molar-refractivity contribution in [2.24, 2.45) is 5.92 Å². The number of amides is 1. The Morgan fingerprint density at radius 2 is 2.15 bits per heavy atom. The van der Waals surface area contributed by atoms with Gasteiger partial charge in [-0.2, -0.15) is 0 Å². The quantitative estimate of drug-likeness (QED) is 0.817. The van der Waals surface area contributed by atoms with Gasteiger partial charge in [0, 0.05) is 30.8 Å². The number of nitrogens with zero attached hydrogens (tertiary/aromatic N) is 2. The molecule has 1 aliphatic rings. The molecule has 0 bridgehead atoms. The SMILES string of the molecule is CC(C)Oc1cccc(C(=O)[C@@H]2CCCN(C(=O)c3c[nH]c(=O)cn3)C2)c1. The number of carbonyl (C=O) groups is 2. The van der Waals surface area contributed by atoms with Crippen molar-refractivity contribution in [1.29, 1.82) is 0 Å². The van der Waals surface area contributed by atoms with Crippen molar-refractivity contribution in [3.8, 4) is 5.75 Å².